The van der Waals surface area contributed by atoms with Crippen molar-refractivity contribution in [1.82, 2.24) is 9.88 Å². The summed E-state index contributed by atoms with van der Waals surface area (Å²) in [7, 11) is 1.59. The lowest BCUT2D eigenvalue weighted by atomic mass is 9.93. The molecule has 1 aromatic heterocycles. The first-order valence-electron chi connectivity index (χ1n) is 7.76. The maximum atomic E-state index is 12.7. The number of rotatable bonds is 7. The molecule has 2 heterocycles. The molecule has 0 radical (unpaired) electrons. The van der Waals surface area contributed by atoms with Crippen LogP contribution >= 0.6 is 0 Å². The van der Waals surface area contributed by atoms with Gasteiger partial charge >= 0.3 is 0 Å². The molecule has 0 bridgehead atoms. The lowest BCUT2D eigenvalue weighted by molar-refractivity contribution is -0.119. The number of primary amides is 1. The standard InChI is InChI=1S/C16H23N3O4/c1-22-9-10-23-15-13(3-2-6-18-15)16(21)19-7-4-12(5-8-19)11-14(17)20/h2-3,6,12H,4-5,7-11H2,1H3,(H2,17,20). The smallest absolute Gasteiger partial charge is 0.259 e. The van der Waals surface area contributed by atoms with Gasteiger partial charge in [-0.2, -0.15) is 0 Å². The highest BCUT2D eigenvalue weighted by molar-refractivity contribution is 5.96. The third kappa shape index (κ3) is 4.92. The van der Waals surface area contributed by atoms with Crippen LogP contribution in [0.15, 0.2) is 18.3 Å². The van der Waals surface area contributed by atoms with Gasteiger partial charge in [0.1, 0.15) is 12.2 Å². The van der Waals surface area contributed by atoms with E-state index in [9.17, 15) is 9.59 Å². The van der Waals surface area contributed by atoms with Gasteiger partial charge in [0.15, 0.2) is 0 Å². The van der Waals surface area contributed by atoms with E-state index in [1.807, 2.05) is 0 Å². The first-order chi connectivity index (χ1) is 11.1. The zero-order valence-electron chi connectivity index (χ0n) is 13.4. The number of nitrogens with zero attached hydrogens (tertiary/aromatic N) is 2. The van der Waals surface area contributed by atoms with Crippen LogP contribution in [0.1, 0.15) is 29.6 Å². The van der Waals surface area contributed by atoms with Crippen LogP contribution in [-0.4, -0.2) is 55.1 Å². The minimum absolute atomic E-state index is 0.0944. The van der Waals surface area contributed by atoms with Crippen molar-refractivity contribution in [3.63, 3.8) is 0 Å². The molecule has 1 fully saturated rings. The molecule has 0 aliphatic carbocycles. The number of carbonyl (C=O) groups excluding carboxylic acids is 2. The van der Waals surface area contributed by atoms with Gasteiger partial charge in [-0.15, -0.1) is 0 Å². The Balaban J connectivity index is 1.97. The summed E-state index contributed by atoms with van der Waals surface area (Å²) in [6.07, 6.45) is 3.56. The van der Waals surface area contributed by atoms with Crippen molar-refractivity contribution in [3.8, 4) is 5.88 Å². The van der Waals surface area contributed by atoms with Gasteiger partial charge in [0.05, 0.1) is 6.61 Å². The normalized spacial score (nSPS) is 15.4. The van der Waals surface area contributed by atoms with E-state index in [0.29, 0.717) is 44.2 Å². The Bertz CT molecular complexity index is 542. The van der Waals surface area contributed by atoms with Gasteiger partial charge in [-0.1, -0.05) is 0 Å². The van der Waals surface area contributed by atoms with E-state index in [1.54, 1.807) is 30.3 Å². The lowest BCUT2D eigenvalue weighted by Gasteiger charge is -2.31. The van der Waals surface area contributed by atoms with Crippen LogP contribution < -0.4 is 10.5 Å². The summed E-state index contributed by atoms with van der Waals surface area (Å²) in [4.78, 5) is 29.6. The second kappa shape index (κ2) is 8.47. The van der Waals surface area contributed by atoms with Gasteiger partial charge in [-0.3, -0.25) is 9.59 Å². The zero-order chi connectivity index (χ0) is 16.7. The molecule has 7 heteroatoms. The van der Waals surface area contributed by atoms with Crippen LogP contribution in [-0.2, 0) is 9.53 Å². The number of carbonyl (C=O) groups is 2. The Morgan fingerprint density at radius 1 is 1.35 bits per heavy atom. The third-order valence-corrected chi connectivity index (χ3v) is 3.92. The maximum absolute atomic E-state index is 12.7. The second-order valence-corrected chi connectivity index (χ2v) is 5.60. The molecule has 7 nitrogen and oxygen atoms in total. The Hall–Kier alpha value is -2.15. The van der Waals surface area contributed by atoms with E-state index in [1.165, 1.54) is 0 Å². The quantitative estimate of drug-likeness (QED) is 0.751. The number of piperidine rings is 1. The summed E-state index contributed by atoms with van der Waals surface area (Å²) < 4.78 is 10.5. The fraction of sp³-hybridized carbons (Fsp3) is 0.562. The molecule has 1 saturated heterocycles. The largest absolute Gasteiger partial charge is 0.475 e. The van der Waals surface area contributed by atoms with Crippen molar-refractivity contribution in [2.45, 2.75) is 19.3 Å². The average molecular weight is 321 g/mol. The number of amides is 2. The molecular formula is C16H23N3O4. The molecule has 1 aliphatic heterocycles. The summed E-state index contributed by atoms with van der Waals surface area (Å²) in [6.45, 7) is 2.00. The summed E-state index contributed by atoms with van der Waals surface area (Å²) in [5, 5.41) is 0. The molecular weight excluding hydrogens is 298 g/mol. The van der Waals surface area contributed by atoms with Gasteiger partial charge in [-0.25, -0.2) is 4.98 Å². The maximum Gasteiger partial charge on any atom is 0.259 e. The van der Waals surface area contributed by atoms with Crippen molar-refractivity contribution in [2.24, 2.45) is 11.7 Å². The molecule has 126 valence electrons. The highest BCUT2D eigenvalue weighted by atomic mass is 16.5. The second-order valence-electron chi connectivity index (χ2n) is 5.60. The van der Waals surface area contributed by atoms with Crippen molar-refractivity contribution in [1.29, 1.82) is 0 Å². The zero-order valence-corrected chi connectivity index (χ0v) is 13.4. The number of methoxy groups -OCH3 is 1. The van der Waals surface area contributed by atoms with Crippen LogP contribution in [0.3, 0.4) is 0 Å². The monoisotopic (exact) mass is 321 g/mol. The SMILES string of the molecule is COCCOc1ncccc1C(=O)N1CCC(CC(N)=O)CC1. The number of ether oxygens (including phenoxy) is 2. The van der Waals surface area contributed by atoms with E-state index in [0.717, 1.165) is 12.8 Å². The average Bonchev–Trinajstić information content (AvgIpc) is 2.55. The van der Waals surface area contributed by atoms with E-state index in [2.05, 4.69) is 4.98 Å². The number of aromatic nitrogens is 1. The Morgan fingerprint density at radius 3 is 2.74 bits per heavy atom. The summed E-state index contributed by atoms with van der Waals surface area (Å²) in [5.41, 5.74) is 5.69. The van der Waals surface area contributed by atoms with Gasteiger partial charge < -0.3 is 20.1 Å². The number of hydrogen-bond acceptors (Lipinski definition) is 5. The number of likely N-dealkylation sites (tertiary alicyclic amines) is 1. The summed E-state index contributed by atoms with van der Waals surface area (Å²) in [6, 6.07) is 3.43. The van der Waals surface area contributed by atoms with Crippen molar-refractivity contribution < 1.29 is 19.1 Å². The van der Waals surface area contributed by atoms with E-state index >= 15 is 0 Å². The summed E-state index contributed by atoms with van der Waals surface area (Å²) in [5.74, 6) is 0.218. The minimum atomic E-state index is -0.282. The molecule has 0 saturated carbocycles. The lowest BCUT2D eigenvalue weighted by Crippen LogP contribution is -2.39. The first-order valence-corrected chi connectivity index (χ1v) is 7.76. The van der Waals surface area contributed by atoms with Gasteiger partial charge in [0.25, 0.3) is 5.91 Å². The molecule has 2 rings (SSSR count). The van der Waals surface area contributed by atoms with Gasteiger partial charge in [0.2, 0.25) is 11.8 Å². The van der Waals surface area contributed by atoms with Crippen LogP contribution in [0.25, 0.3) is 0 Å². The molecule has 0 aromatic carbocycles. The summed E-state index contributed by atoms with van der Waals surface area (Å²) >= 11 is 0. The number of pyridine rings is 1. The third-order valence-electron chi connectivity index (χ3n) is 3.92. The first kappa shape index (κ1) is 17.2. The van der Waals surface area contributed by atoms with Crippen molar-refractivity contribution in [2.75, 3.05) is 33.4 Å². The number of hydrogen-bond donors (Lipinski definition) is 1. The van der Waals surface area contributed by atoms with Crippen molar-refractivity contribution in [3.05, 3.63) is 23.9 Å². The van der Waals surface area contributed by atoms with E-state index in [4.69, 9.17) is 15.2 Å². The Labute approximate surface area is 135 Å². The Morgan fingerprint density at radius 2 is 2.09 bits per heavy atom. The van der Waals surface area contributed by atoms with Gasteiger partial charge in [-0.05, 0) is 30.9 Å². The van der Waals surface area contributed by atoms with Crippen LogP contribution in [0, 0.1) is 5.92 Å². The highest BCUT2D eigenvalue weighted by Gasteiger charge is 2.26. The topological polar surface area (TPSA) is 94.8 Å². The van der Waals surface area contributed by atoms with E-state index in [-0.39, 0.29) is 17.7 Å². The molecule has 23 heavy (non-hydrogen) atoms. The molecule has 0 atom stereocenters. The highest BCUT2D eigenvalue weighted by Crippen LogP contribution is 2.23. The fourth-order valence-corrected chi connectivity index (χ4v) is 2.69. The van der Waals surface area contributed by atoms with Crippen molar-refractivity contribution >= 4 is 11.8 Å². The minimum Gasteiger partial charge on any atom is -0.475 e. The number of nitrogens with two attached hydrogens (primary N) is 1. The molecule has 1 aliphatic rings. The molecule has 2 N–H and O–H groups in total. The fourth-order valence-electron chi connectivity index (χ4n) is 2.69. The van der Waals surface area contributed by atoms with Gasteiger partial charge in [0, 0.05) is 32.8 Å². The van der Waals surface area contributed by atoms with Crippen LogP contribution in [0.5, 0.6) is 5.88 Å². The molecule has 2 amide bonds. The molecule has 0 spiro atoms. The Kier molecular flexibility index (Phi) is 6.34. The predicted molar refractivity (Wildman–Crippen MR) is 84.0 cm³/mol. The van der Waals surface area contributed by atoms with E-state index < -0.39 is 0 Å². The van der Waals surface area contributed by atoms with Crippen LogP contribution in [0.4, 0.5) is 0 Å². The molecule has 1 aromatic rings. The molecule has 0 unspecified atom stereocenters. The van der Waals surface area contributed by atoms with Crippen LogP contribution in [0.2, 0.25) is 0 Å². The predicted octanol–water partition coefficient (Wildman–Crippen LogP) is 0.834.